The maximum atomic E-state index is 12.8. The van der Waals surface area contributed by atoms with E-state index in [0.29, 0.717) is 28.6 Å². The van der Waals surface area contributed by atoms with Crippen LogP contribution in [0.4, 0.5) is 0 Å². The molecule has 134 valence electrons. The van der Waals surface area contributed by atoms with E-state index in [1.807, 2.05) is 11.0 Å². The van der Waals surface area contributed by atoms with Crippen LogP contribution in [0, 0.1) is 11.8 Å². The quantitative estimate of drug-likeness (QED) is 0.804. The first-order valence-corrected chi connectivity index (χ1v) is 8.66. The molecule has 0 unspecified atom stereocenters. The second-order valence-electron chi connectivity index (χ2n) is 6.93. The van der Waals surface area contributed by atoms with Crippen molar-refractivity contribution in [3.05, 3.63) is 52.8 Å². The second-order valence-corrected chi connectivity index (χ2v) is 7.34. The molecule has 3 atom stereocenters. The number of hydrogen-bond donors (Lipinski definition) is 0. The fourth-order valence-corrected chi connectivity index (χ4v) is 4.59. The Kier molecular flexibility index (Phi) is 5.09. The number of aromatic nitrogens is 2. The molecule has 1 aromatic carbocycles. The van der Waals surface area contributed by atoms with Crippen molar-refractivity contribution in [2.45, 2.75) is 6.04 Å². The number of amides is 1. The lowest BCUT2D eigenvalue weighted by Gasteiger charge is -2.26. The van der Waals surface area contributed by atoms with Crippen LogP contribution in [0.2, 0.25) is 5.02 Å². The molecule has 0 spiro atoms. The largest absolute Gasteiger partial charge is 0.337 e. The maximum absolute atomic E-state index is 12.8. The van der Waals surface area contributed by atoms with Crippen LogP contribution in [0.15, 0.2) is 36.5 Å². The van der Waals surface area contributed by atoms with Crippen LogP contribution in [0.25, 0.3) is 0 Å². The predicted molar refractivity (Wildman–Crippen MR) is 100 cm³/mol. The molecule has 7 heteroatoms. The number of rotatable bonds is 2. The summed E-state index contributed by atoms with van der Waals surface area (Å²) in [5.41, 5.74) is 1.70. The summed E-state index contributed by atoms with van der Waals surface area (Å²) >= 11 is 6.15. The topological polar surface area (TPSA) is 41.4 Å². The van der Waals surface area contributed by atoms with E-state index < -0.39 is 0 Å². The lowest BCUT2D eigenvalue weighted by molar-refractivity contribution is 0.0761. The van der Waals surface area contributed by atoms with Gasteiger partial charge in [-0.1, -0.05) is 41.9 Å². The van der Waals surface area contributed by atoms with Gasteiger partial charge < -0.3 is 4.90 Å². The number of fused-ring (bicyclic) bond motifs is 1. The van der Waals surface area contributed by atoms with Crippen LogP contribution in [0.3, 0.4) is 0 Å². The number of hydrogen-bond acceptors (Lipinski definition) is 3. The van der Waals surface area contributed by atoms with Crippen LogP contribution in [-0.2, 0) is 7.05 Å². The highest BCUT2D eigenvalue weighted by Gasteiger charge is 2.47. The first-order valence-electron chi connectivity index (χ1n) is 8.28. The van der Waals surface area contributed by atoms with Crippen molar-refractivity contribution in [1.82, 2.24) is 19.6 Å². The average molecular weight is 381 g/mol. The Balaban J connectivity index is 0.00000182. The van der Waals surface area contributed by atoms with Gasteiger partial charge in [0.25, 0.3) is 5.91 Å². The van der Waals surface area contributed by atoms with Crippen LogP contribution in [0.5, 0.6) is 0 Å². The van der Waals surface area contributed by atoms with Crippen LogP contribution in [-0.4, -0.2) is 52.2 Å². The third-order valence-electron chi connectivity index (χ3n) is 5.31. The smallest absolute Gasteiger partial charge is 0.275 e. The van der Waals surface area contributed by atoms with Gasteiger partial charge in [0.2, 0.25) is 0 Å². The van der Waals surface area contributed by atoms with Gasteiger partial charge in [-0.2, -0.15) is 5.10 Å². The van der Waals surface area contributed by atoms with Gasteiger partial charge in [0.1, 0.15) is 0 Å². The predicted octanol–water partition coefficient (Wildman–Crippen LogP) is 2.87. The highest BCUT2D eigenvalue weighted by molar-refractivity contribution is 6.33. The van der Waals surface area contributed by atoms with Crippen molar-refractivity contribution < 1.29 is 4.79 Å². The SMILES string of the molecule is CN1C[C@H]2CN(C(=O)c3nn(C)cc3Cl)C[C@H]2[C@@H]1c1ccccc1.Cl. The molecular formula is C18H22Cl2N4O. The molecule has 1 aromatic heterocycles. The molecule has 5 nitrogen and oxygen atoms in total. The average Bonchev–Trinajstić information content (AvgIpc) is 3.19. The molecule has 1 amide bonds. The van der Waals surface area contributed by atoms with Crippen molar-refractivity contribution in [2.75, 3.05) is 26.7 Å². The van der Waals surface area contributed by atoms with E-state index in [-0.39, 0.29) is 18.3 Å². The monoisotopic (exact) mass is 380 g/mol. The van der Waals surface area contributed by atoms with Gasteiger partial charge in [-0.05, 0) is 18.5 Å². The summed E-state index contributed by atoms with van der Waals surface area (Å²) in [6.45, 7) is 2.56. The molecule has 4 rings (SSSR count). The van der Waals surface area contributed by atoms with Gasteiger partial charge in [0.15, 0.2) is 5.69 Å². The number of carbonyl (C=O) groups excluding carboxylic acids is 1. The van der Waals surface area contributed by atoms with Gasteiger partial charge in [-0.25, -0.2) is 0 Å². The first kappa shape index (κ1) is 18.2. The van der Waals surface area contributed by atoms with Crippen molar-refractivity contribution in [3.8, 4) is 0 Å². The number of carbonyl (C=O) groups is 1. The van der Waals surface area contributed by atoms with Crippen LogP contribution < -0.4 is 0 Å². The number of likely N-dealkylation sites (tertiary alicyclic amines) is 2. The standard InChI is InChI=1S/C18H21ClN4O.ClH/c1-21-8-13-9-23(18(24)16-15(19)11-22(2)20-16)10-14(13)17(21)12-6-4-3-5-7-12;/h3-7,11,13-14,17H,8-10H2,1-2H3;1H/t13-,14+,17-;/m0./s1. The number of nitrogens with zero attached hydrogens (tertiary/aromatic N) is 4. The first-order chi connectivity index (χ1) is 11.5. The van der Waals surface area contributed by atoms with Crippen LogP contribution >= 0.6 is 24.0 Å². The van der Waals surface area contributed by atoms with Crippen molar-refractivity contribution in [1.29, 1.82) is 0 Å². The van der Waals surface area contributed by atoms with Crippen molar-refractivity contribution >= 4 is 29.9 Å². The van der Waals surface area contributed by atoms with E-state index in [9.17, 15) is 4.79 Å². The molecule has 0 saturated carbocycles. The molecule has 2 saturated heterocycles. The minimum Gasteiger partial charge on any atom is -0.337 e. The molecule has 0 radical (unpaired) electrons. The lowest BCUT2D eigenvalue weighted by Crippen LogP contribution is -2.33. The van der Waals surface area contributed by atoms with Crippen molar-refractivity contribution in [3.63, 3.8) is 0 Å². The fourth-order valence-electron chi connectivity index (χ4n) is 4.33. The van der Waals surface area contributed by atoms with E-state index in [0.717, 1.165) is 19.6 Å². The Hall–Kier alpha value is -1.56. The Morgan fingerprint density at radius 2 is 1.88 bits per heavy atom. The zero-order valence-corrected chi connectivity index (χ0v) is 15.9. The minimum atomic E-state index is -0.0514. The summed E-state index contributed by atoms with van der Waals surface area (Å²) in [6, 6.07) is 11.0. The number of halogens is 2. The molecule has 3 heterocycles. The highest BCUT2D eigenvalue weighted by Crippen LogP contribution is 2.44. The number of aryl methyl sites for hydroxylation is 1. The summed E-state index contributed by atoms with van der Waals surface area (Å²) < 4.78 is 1.59. The van der Waals surface area contributed by atoms with E-state index in [4.69, 9.17) is 11.6 Å². The Morgan fingerprint density at radius 1 is 1.16 bits per heavy atom. The van der Waals surface area contributed by atoms with Gasteiger partial charge in [-0.3, -0.25) is 14.4 Å². The molecular weight excluding hydrogens is 359 g/mol. The molecule has 2 aliphatic heterocycles. The third kappa shape index (κ3) is 3.16. The molecule has 0 N–H and O–H groups in total. The summed E-state index contributed by atoms with van der Waals surface area (Å²) in [5.74, 6) is 0.917. The van der Waals surface area contributed by atoms with Crippen molar-refractivity contribution in [2.24, 2.45) is 18.9 Å². The van der Waals surface area contributed by atoms with Gasteiger partial charge in [0, 0.05) is 44.8 Å². The fraction of sp³-hybridized carbons (Fsp3) is 0.444. The maximum Gasteiger partial charge on any atom is 0.275 e. The normalized spacial score (nSPS) is 25.7. The molecule has 2 aliphatic rings. The van der Waals surface area contributed by atoms with Gasteiger partial charge in [0.05, 0.1) is 5.02 Å². The summed E-state index contributed by atoms with van der Waals surface area (Å²) in [6.07, 6.45) is 1.67. The summed E-state index contributed by atoms with van der Waals surface area (Å²) in [4.78, 5) is 17.1. The van der Waals surface area contributed by atoms with E-state index in [2.05, 4.69) is 41.3 Å². The molecule has 2 aromatic rings. The molecule has 0 bridgehead atoms. The lowest BCUT2D eigenvalue weighted by atomic mass is 9.90. The van der Waals surface area contributed by atoms with E-state index in [1.54, 1.807) is 17.9 Å². The molecule has 2 fully saturated rings. The number of benzene rings is 1. The zero-order valence-electron chi connectivity index (χ0n) is 14.3. The van der Waals surface area contributed by atoms with Gasteiger partial charge >= 0.3 is 0 Å². The Labute approximate surface area is 159 Å². The van der Waals surface area contributed by atoms with E-state index >= 15 is 0 Å². The minimum absolute atomic E-state index is 0. The third-order valence-corrected chi connectivity index (χ3v) is 5.59. The summed E-state index contributed by atoms with van der Waals surface area (Å²) in [5, 5.41) is 4.65. The second kappa shape index (κ2) is 6.98. The van der Waals surface area contributed by atoms with Gasteiger partial charge in [-0.15, -0.1) is 12.4 Å². The highest BCUT2D eigenvalue weighted by atomic mass is 35.5. The Morgan fingerprint density at radius 3 is 2.52 bits per heavy atom. The molecule has 0 aliphatic carbocycles. The zero-order chi connectivity index (χ0) is 16.8. The molecule has 25 heavy (non-hydrogen) atoms. The van der Waals surface area contributed by atoms with E-state index in [1.165, 1.54) is 5.56 Å². The Bertz CT molecular complexity index is 764. The van der Waals surface area contributed by atoms with Crippen LogP contribution in [0.1, 0.15) is 22.1 Å². The summed E-state index contributed by atoms with van der Waals surface area (Å²) in [7, 11) is 3.96.